The lowest BCUT2D eigenvalue weighted by molar-refractivity contribution is 0.0932. The summed E-state index contributed by atoms with van der Waals surface area (Å²) in [5.41, 5.74) is 9.74. The molecular weight excluding hydrogens is 456 g/mol. The van der Waals surface area contributed by atoms with E-state index >= 15 is 0 Å². The van der Waals surface area contributed by atoms with E-state index in [-0.39, 0.29) is 11.9 Å². The molecule has 9 heteroatoms. The van der Waals surface area contributed by atoms with Gasteiger partial charge in [-0.3, -0.25) is 4.79 Å². The highest BCUT2D eigenvalue weighted by molar-refractivity contribution is 6.33. The molecule has 0 saturated carbocycles. The first-order chi connectivity index (χ1) is 16.2. The van der Waals surface area contributed by atoms with Gasteiger partial charge in [0.15, 0.2) is 0 Å². The maximum absolute atomic E-state index is 12.7. The number of nitrogens with zero attached hydrogens (tertiary/aromatic N) is 1. The van der Waals surface area contributed by atoms with Crippen LogP contribution in [0.1, 0.15) is 45.9 Å². The van der Waals surface area contributed by atoms with E-state index in [1.165, 1.54) is 13.2 Å². The third-order valence-electron chi connectivity index (χ3n) is 6.36. The van der Waals surface area contributed by atoms with Gasteiger partial charge in [0.25, 0.3) is 5.91 Å². The fourth-order valence-electron chi connectivity index (χ4n) is 4.47. The summed E-state index contributed by atoms with van der Waals surface area (Å²) in [5.74, 6) is 0.474. The quantitative estimate of drug-likeness (QED) is 0.417. The number of ether oxygens (including phenoxy) is 1. The largest absolute Gasteiger partial charge is 0.496 e. The van der Waals surface area contributed by atoms with Crippen LogP contribution in [0.2, 0.25) is 5.02 Å². The van der Waals surface area contributed by atoms with Gasteiger partial charge in [-0.1, -0.05) is 35.4 Å². The fourth-order valence-corrected chi connectivity index (χ4v) is 4.63. The van der Waals surface area contributed by atoms with Crippen molar-refractivity contribution < 1.29 is 19.4 Å². The van der Waals surface area contributed by atoms with Crippen molar-refractivity contribution in [2.24, 2.45) is 5.92 Å². The molecule has 8 nitrogen and oxygen atoms in total. The number of hydrogen-bond acceptors (Lipinski definition) is 5. The van der Waals surface area contributed by atoms with E-state index in [1.807, 2.05) is 26.0 Å². The van der Waals surface area contributed by atoms with Crippen LogP contribution in [0.3, 0.4) is 0 Å². The maximum atomic E-state index is 12.7. The number of likely N-dealkylation sites (tertiary alicyclic amines) is 1. The molecule has 34 heavy (non-hydrogen) atoms. The van der Waals surface area contributed by atoms with Crippen molar-refractivity contribution >= 4 is 29.3 Å². The van der Waals surface area contributed by atoms with Gasteiger partial charge in [-0.25, -0.2) is 4.79 Å². The summed E-state index contributed by atoms with van der Waals surface area (Å²) in [5, 5.41) is 15.3. The Kier molecular flexibility index (Phi) is 8.63. The zero-order valence-electron chi connectivity index (χ0n) is 19.9. The lowest BCUT2D eigenvalue weighted by Gasteiger charge is -2.34. The van der Waals surface area contributed by atoms with Crippen molar-refractivity contribution in [3.63, 3.8) is 0 Å². The van der Waals surface area contributed by atoms with Gasteiger partial charge in [-0.15, -0.1) is 0 Å². The number of amides is 2. The molecule has 3 rings (SSSR count). The van der Waals surface area contributed by atoms with Crippen molar-refractivity contribution in [2.75, 3.05) is 39.0 Å². The van der Waals surface area contributed by atoms with Crippen molar-refractivity contribution in [2.45, 2.75) is 32.7 Å². The first kappa shape index (κ1) is 25.6. The number of benzene rings is 2. The molecular formula is C25H33ClN4O4. The number of nitrogen functional groups attached to an aromatic ring is 1. The molecule has 1 atom stereocenters. The molecule has 0 bridgehead atoms. The number of anilines is 1. The van der Waals surface area contributed by atoms with Crippen molar-refractivity contribution in [3.8, 4) is 5.75 Å². The number of hydrogen-bond donors (Lipinski definition) is 4. The summed E-state index contributed by atoms with van der Waals surface area (Å²) in [6, 6.07) is 8.87. The summed E-state index contributed by atoms with van der Waals surface area (Å²) in [6.07, 6.45) is 0.792. The molecule has 1 unspecified atom stereocenters. The average Bonchev–Trinajstić information content (AvgIpc) is 2.79. The molecule has 0 aliphatic carbocycles. The van der Waals surface area contributed by atoms with E-state index in [4.69, 9.17) is 22.1 Å². The minimum absolute atomic E-state index is 0.248. The Morgan fingerprint density at radius 1 is 1.24 bits per heavy atom. The van der Waals surface area contributed by atoms with Gasteiger partial charge in [0.2, 0.25) is 0 Å². The lowest BCUT2D eigenvalue weighted by Crippen LogP contribution is -2.43. The first-order valence-electron chi connectivity index (χ1n) is 11.4. The van der Waals surface area contributed by atoms with Crippen LogP contribution >= 0.6 is 11.6 Å². The van der Waals surface area contributed by atoms with E-state index < -0.39 is 6.09 Å². The van der Waals surface area contributed by atoms with Crippen LogP contribution in [0, 0.1) is 19.8 Å². The number of carbonyl (C=O) groups is 2. The normalized spacial score (nSPS) is 15.5. The van der Waals surface area contributed by atoms with Gasteiger partial charge in [-0.05, 0) is 62.9 Å². The summed E-state index contributed by atoms with van der Waals surface area (Å²) in [7, 11) is 1.49. The molecule has 0 spiro atoms. The molecule has 1 fully saturated rings. The Bertz CT molecular complexity index is 1040. The molecule has 2 aromatic carbocycles. The molecule has 184 valence electrons. The van der Waals surface area contributed by atoms with E-state index in [2.05, 4.69) is 21.6 Å². The van der Waals surface area contributed by atoms with E-state index in [1.54, 1.807) is 6.07 Å². The van der Waals surface area contributed by atoms with Crippen LogP contribution in [0.4, 0.5) is 10.5 Å². The van der Waals surface area contributed by atoms with Gasteiger partial charge in [0.1, 0.15) is 5.75 Å². The highest BCUT2D eigenvalue weighted by Gasteiger charge is 2.25. The van der Waals surface area contributed by atoms with Crippen LogP contribution in [-0.4, -0.2) is 55.3 Å². The number of carbonyl (C=O) groups excluding carboxylic acids is 1. The van der Waals surface area contributed by atoms with Crippen LogP contribution in [0.5, 0.6) is 5.75 Å². The van der Waals surface area contributed by atoms with Gasteiger partial charge in [0.05, 0.1) is 29.4 Å². The van der Waals surface area contributed by atoms with Gasteiger partial charge < -0.3 is 31.1 Å². The summed E-state index contributed by atoms with van der Waals surface area (Å²) < 4.78 is 5.27. The standard InChI is InChI=1S/C25H33ClN4O4/c1-15-4-5-18(16(2)10-15)22(29-25(32)33)14-30-8-6-17(7-9-30)13-28-24(31)19-11-20(26)21(27)12-23(19)34-3/h4-5,10-12,17,22,29H,6-9,13-14,27H2,1-3H3,(H,28,31)(H,32,33). The Balaban J connectivity index is 1.55. The topological polar surface area (TPSA) is 117 Å². The fraction of sp³-hybridized carbons (Fsp3) is 0.440. The Morgan fingerprint density at radius 3 is 2.56 bits per heavy atom. The number of methoxy groups -OCH3 is 1. The van der Waals surface area contributed by atoms with E-state index in [0.717, 1.165) is 42.6 Å². The van der Waals surface area contributed by atoms with Crippen molar-refractivity contribution in [1.82, 2.24) is 15.5 Å². The third-order valence-corrected chi connectivity index (χ3v) is 6.69. The number of nitrogens with one attached hydrogen (secondary N) is 2. The van der Waals surface area contributed by atoms with Crippen LogP contribution < -0.4 is 21.1 Å². The third kappa shape index (κ3) is 6.55. The van der Waals surface area contributed by atoms with E-state index in [0.29, 0.717) is 41.0 Å². The zero-order valence-corrected chi connectivity index (χ0v) is 20.6. The summed E-state index contributed by atoms with van der Waals surface area (Å²) in [4.78, 5) is 26.4. The number of aryl methyl sites for hydroxylation is 2. The molecule has 1 aliphatic heterocycles. The molecule has 5 N–H and O–H groups in total. The molecule has 1 saturated heterocycles. The highest BCUT2D eigenvalue weighted by Crippen LogP contribution is 2.29. The molecule has 2 amide bonds. The lowest BCUT2D eigenvalue weighted by atomic mass is 9.94. The second-order valence-electron chi connectivity index (χ2n) is 8.89. The number of rotatable bonds is 8. The summed E-state index contributed by atoms with van der Waals surface area (Å²) >= 11 is 6.08. The van der Waals surface area contributed by atoms with Crippen molar-refractivity contribution in [3.05, 3.63) is 57.6 Å². The monoisotopic (exact) mass is 488 g/mol. The van der Waals surface area contributed by atoms with E-state index in [9.17, 15) is 14.7 Å². The Morgan fingerprint density at radius 2 is 1.94 bits per heavy atom. The number of halogens is 1. The second kappa shape index (κ2) is 11.4. The Labute approximate surface area is 205 Å². The minimum Gasteiger partial charge on any atom is -0.496 e. The van der Waals surface area contributed by atoms with Crippen molar-refractivity contribution in [1.29, 1.82) is 0 Å². The summed E-state index contributed by atoms with van der Waals surface area (Å²) in [6.45, 7) is 6.86. The van der Waals surface area contributed by atoms with Gasteiger partial charge in [-0.2, -0.15) is 0 Å². The molecule has 0 aromatic heterocycles. The predicted molar refractivity (Wildman–Crippen MR) is 134 cm³/mol. The van der Waals surface area contributed by atoms with Crippen LogP contribution in [-0.2, 0) is 0 Å². The average molecular weight is 489 g/mol. The number of piperidine rings is 1. The van der Waals surface area contributed by atoms with Crippen LogP contribution in [0.25, 0.3) is 0 Å². The van der Waals surface area contributed by atoms with Gasteiger partial charge in [0, 0.05) is 19.2 Å². The zero-order chi connectivity index (χ0) is 24.8. The molecule has 1 heterocycles. The SMILES string of the molecule is COc1cc(N)c(Cl)cc1C(=O)NCC1CCN(CC(NC(=O)O)c2ccc(C)cc2C)CC1. The molecule has 1 aliphatic rings. The number of carboxylic acid groups (broad SMARTS) is 1. The van der Waals surface area contributed by atoms with Crippen LogP contribution in [0.15, 0.2) is 30.3 Å². The molecule has 0 radical (unpaired) electrons. The predicted octanol–water partition coefficient (Wildman–Crippen LogP) is 4.00. The second-order valence-corrected chi connectivity index (χ2v) is 9.30. The maximum Gasteiger partial charge on any atom is 0.405 e. The first-order valence-corrected chi connectivity index (χ1v) is 11.8. The smallest absolute Gasteiger partial charge is 0.405 e. The number of nitrogens with two attached hydrogens (primary N) is 1. The minimum atomic E-state index is -1.03. The highest BCUT2D eigenvalue weighted by atomic mass is 35.5. The van der Waals surface area contributed by atoms with Gasteiger partial charge >= 0.3 is 6.09 Å². The Hall–Kier alpha value is -2.97. The molecule has 2 aromatic rings.